The molecule has 1 heterocycles. The van der Waals surface area contributed by atoms with Crippen LogP contribution in [-0.2, 0) is 9.59 Å². The number of carboxylic acid groups (broad SMARTS) is 1. The van der Waals surface area contributed by atoms with Crippen molar-refractivity contribution in [1.82, 2.24) is 10.6 Å². The molecule has 0 aromatic rings. The quantitative estimate of drug-likeness (QED) is 0.660. The standard InChI is InChI=1S/C12H22N2O3/c1-4-11(2,10(16)17)8-14-9(15)12(3)5-6-13-7-12/h13H,4-8H2,1-3H3,(H,14,15)(H,16,17). The van der Waals surface area contributed by atoms with Crippen molar-refractivity contribution < 1.29 is 14.7 Å². The van der Waals surface area contributed by atoms with Crippen LogP contribution in [0.5, 0.6) is 0 Å². The summed E-state index contributed by atoms with van der Waals surface area (Å²) in [6.45, 7) is 7.08. The maximum atomic E-state index is 12.0. The minimum atomic E-state index is -0.877. The van der Waals surface area contributed by atoms with E-state index >= 15 is 0 Å². The monoisotopic (exact) mass is 242 g/mol. The predicted octanol–water partition coefficient (Wildman–Crippen LogP) is 0.603. The van der Waals surface area contributed by atoms with Gasteiger partial charge in [0.05, 0.1) is 10.8 Å². The largest absolute Gasteiger partial charge is 0.481 e. The number of nitrogens with one attached hydrogen (secondary N) is 2. The molecule has 17 heavy (non-hydrogen) atoms. The number of carbonyl (C=O) groups excluding carboxylic acids is 1. The third kappa shape index (κ3) is 2.97. The lowest BCUT2D eigenvalue weighted by Crippen LogP contribution is -2.46. The lowest BCUT2D eigenvalue weighted by Gasteiger charge is -2.27. The van der Waals surface area contributed by atoms with E-state index in [4.69, 9.17) is 5.11 Å². The van der Waals surface area contributed by atoms with Gasteiger partial charge in [-0.25, -0.2) is 0 Å². The number of aliphatic carboxylic acids is 1. The second-order valence-corrected chi connectivity index (χ2v) is 5.39. The van der Waals surface area contributed by atoms with Crippen LogP contribution in [0.4, 0.5) is 0 Å². The van der Waals surface area contributed by atoms with Crippen molar-refractivity contribution in [3.8, 4) is 0 Å². The van der Waals surface area contributed by atoms with Crippen LogP contribution in [-0.4, -0.2) is 36.6 Å². The molecule has 1 rings (SSSR count). The number of carboxylic acids is 1. The Bertz CT molecular complexity index is 311. The van der Waals surface area contributed by atoms with E-state index in [0.29, 0.717) is 13.0 Å². The van der Waals surface area contributed by atoms with Gasteiger partial charge in [-0.3, -0.25) is 9.59 Å². The molecule has 0 aromatic carbocycles. The molecule has 2 unspecified atom stereocenters. The highest BCUT2D eigenvalue weighted by molar-refractivity contribution is 5.84. The summed E-state index contributed by atoms with van der Waals surface area (Å²) >= 11 is 0. The Kier molecular flexibility index (Phi) is 4.14. The van der Waals surface area contributed by atoms with Crippen LogP contribution in [0.2, 0.25) is 0 Å². The molecule has 2 atom stereocenters. The molecule has 0 aromatic heterocycles. The first kappa shape index (κ1) is 14.0. The highest BCUT2D eigenvalue weighted by atomic mass is 16.4. The van der Waals surface area contributed by atoms with Gasteiger partial charge in [-0.15, -0.1) is 0 Å². The first-order valence-electron chi connectivity index (χ1n) is 6.06. The average Bonchev–Trinajstić information content (AvgIpc) is 2.73. The van der Waals surface area contributed by atoms with Crippen LogP contribution in [0.3, 0.4) is 0 Å². The fraction of sp³-hybridized carbons (Fsp3) is 0.833. The van der Waals surface area contributed by atoms with E-state index in [1.807, 2.05) is 13.8 Å². The number of amides is 1. The first-order valence-corrected chi connectivity index (χ1v) is 6.06. The van der Waals surface area contributed by atoms with Gasteiger partial charge in [0.2, 0.25) is 5.91 Å². The maximum Gasteiger partial charge on any atom is 0.311 e. The van der Waals surface area contributed by atoms with E-state index in [1.165, 1.54) is 0 Å². The van der Waals surface area contributed by atoms with E-state index in [0.717, 1.165) is 13.0 Å². The highest BCUT2D eigenvalue weighted by Crippen LogP contribution is 2.26. The molecule has 0 aliphatic carbocycles. The van der Waals surface area contributed by atoms with Crippen LogP contribution in [0, 0.1) is 10.8 Å². The van der Waals surface area contributed by atoms with Crippen LogP contribution >= 0.6 is 0 Å². The molecule has 0 radical (unpaired) electrons. The molecule has 5 nitrogen and oxygen atoms in total. The van der Waals surface area contributed by atoms with E-state index in [9.17, 15) is 9.59 Å². The van der Waals surface area contributed by atoms with Gasteiger partial charge >= 0.3 is 5.97 Å². The van der Waals surface area contributed by atoms with Gasteiger partial charge in [0.1, 0.15) is 0 Å². The summed E-state index contributed by atoms with van der Waals surface area (Å²) in [5.41, 5.74) is -1.27. The van der Waals surface area contributed by atoms with E-state index in [-0.39, 0.29) is 12.5 Å². The first-order chi connectivity index (χ1) is 7.84. The average molecular weight is 242 g/mol. The van der Waals surface area contributed by atoms with E-state index in [2.05, 4.69) is 10.6 Å². The van der Waals surface area contributed by atoms with Gasteiger partial charge in [-0.2, -0.15) is 0 Å². The fourth-order valence-corrected chi connectivity index (χ4v) is 1.85. The normalized spacial score (nSPS) is 27.5. The molecule has 98 valence electrons. The van der Waals surface area contributed by atoms with Crippen molar-refractivity contribution in [3.05, 3.63) is 0 Å². The summed E-state index contributed by atoms with van der Waals surface area (Å²) in [6, 6.07) is 0. The van der Waals surface area contributed by atoms with Crippen LogP contribution in [0.25, 0.3) is 0 Å². The molecule has 1 saturated heterocycles. The zero-order valence-corrected chi connectivity index (χ0v) is 10.8. The van der Waals surface area contributed by atoms with Crippen molar-refractivity contribution in [2.75, 3.05) is 19.6 Å². The topological polar surface area (TPSA) is 78.4 Å². The Labute approximate surface area is 102 Å². The SMILES string of the molecule is CCC(C)(CNC(=O)C1(C)CCNC1)C(=O)O. The molecular formula is C12H22N2O3. The summed E-state index contributed by atoms with van der Waals surface area (Å²) in [5.74, 6) is -0.918. The number of carbonyl (C=O) groups is 2. The molecule has 1 amide bonds. The van der Waals surface area contributed by atoms with E-state index < -0.39 is 16.8 Å². The Hall–Kier alpha value is -1.10. The van der Waals surface area contributed by atoms with Crippen LogP contribution in [0.1, 0.15) is 33.6 Å². The summed E-state index contributed by atoms with van der Waals surface area (Å²) in [5, 5.41) is 15.0. The Balaban J connectivity index is 2.55. The Morgan fingerprint density at radius 2 is 2.18 bits per heavy atom. The zero-order chi connectivity index (χ0) is 13.1. The summed E-state index contributed by atoms with van der Waals surface area (Å²) < 4.78 is 0. The van der Waals surface area contributed by atoms with Gasteiger partial charge < -0.3 is 15.7 Å². The summed E-state index contributed by atoms with van der Waals surface area (Å²) in [7, 11) is 0. The number of hydrogen-bond donors (Lipinski definition) is 3. The van der Waals surface area contributed by atoms with E-state index in [1.54, 1.807) is 6.92 Å². The second kappa shape index (κ2) is 5.04. The van der Waals surface area contributed by atoms with Gasteiger partial charge in [0.25, 0.3) is 0 Å². The molecule has 3 N–H and O–H groups in total. The predicted molar refractivity (Wildman–Crippen MR) is 64.6 cm³/mol. The van der Waals surface area contributed by atoms with Gasteiger partial charge in [-0.1, -0.05) is 6.92 Å². The van der Waals surface area contributed by atoms with Crippen molar-refractivity contribution in [3.63, 3.8) is 0 Å². The van der Waals surface area contributed by atoms with Gasteiger partial charge in [0.15, 0.2) is 0 Å². The lowest BCUT2D eigenvalue weighted by atomic mass is 9.85. The van der Waals surface area contributed by atoms with Crippen molar-refractivity contribution in [2.24, 2.45) is 10.8 Å². The molecule has 1 fully saturated rings. The Morgan fingerprint density at radius 1 is 1.53 bits per heavy atom. The summed E-state index contributed by atoms with van der Waals surface area (Å²) in [4.78, 5) is 23.1. The number of hydrogen-bond acceptors (Lipinski definition) is 3. The van der Waals surface area contributed by atoms with Crippen molar-refractivity contribution in [1.29, 1.82) is 0 Å². The lowest BCUT2D eigenvalue weighted by molar-refractivity contribution is -0.148. The third-order valence-electron chi connectivity index (χ3n) is 3.85. The molecule has 1 aliphatic rings. The molecule has 1 aliphatic heterocycles. The highest BCUT2D eigenvalue weighted by Gasteiger charge is 2.38. The second-order valence-electron chi connectivity index (χ2n) is 5.39. The molecular weight excluding hydrogens is 220 g/mol. The van der Waals surface area contributed by atoms with Crippen LogP contribution in [0.15, 0.2) is 0 Å². The zero-order valence-electron chi connectivity index (χ0n) is 10.8. The maximum absolute atomic E-state index is 12.0. The molecule has 0 bridgehead atoms. The molecule has 0 saturated carbocycles. The number of rotatable bonds is 5. The van der Waals surface area contributed by atoms with Crippen molar-refractivity contribution in [2.45, 2.75) is 33.6 Å². The molecule has 5 heteroatoms. The smallest absolute Gasteiger partial charge is 0.311 e. The molecule has 0 spiro atoms. The summed E-state index contributed by atoms with van der Waals surface area (Å²) in [6.07, 6.45) is 1.30. The fourth-order valence-electron chi connectivity index (χ4n) is 1.85. The third-order valence-corrected chi connectivity index (χ3v) is 3.85. The van der Waals surface area contributed by atoms with Gasteiger partial charge in [0, 0.05) is 13.1 Å². The Morgan fingerprint density at radius 3 is 2.59 bits per heavy atom. The van der Waals surface area contributed by atoms with Gasteiger partial charge in [-0.05, 0) is 33.2 Å². The van der Waals surface area contributed by atoms with Crippen molar-refractivity contribution >= 4 is 11.9 Å². The minimum Gasteiger partial charge on any atom is -0.481 e. The minimum absolute atomic E-state index is 0.0524. The van der Waals surface area contributed by atoms with Crippen LogP contribution < -0.4 is 10.6 Å².